The number of phenolic OH excluding ortho intramolecular Hbond substituents is 1. The number of aromatic nitrogens is 2. The lowest BCUT2D eigenvalue weighted by Crippen LogP contribution is -2.16. The highest BCUT2D eigenvalue weighted by atomic mass is 32.2. The predicted molar refractivity (Wildman–Crippen MR) is 62.1 cm³/mol. The summed E-state index contributed by atoms with van der Waals surface area (Å²) in [6.45, 7) is 0. The summed E-state index contributed by atoms with van der Waals surface area (Å²) < 4.78 is 40.3. The fourth-order valence-electron chi connectivity index (χ4n) is 1.40. The molecule has 2 aromatic rings. The van der Waals surface area contributed by atoms with Crippen molar-refractivity contribution in [1.82, 2.24) is 9.78 Å². The maximum atomic E-state index is 13.1. The van der Waals surface area contributed by atoms with E-state index in [1.807, 2.05) is 0 Å². The molecule has 0 radical (unpaired) electrons. The average Bonchev–Trinajstić information content (AvgIpc) is 2.70. The molecule has 1 heterocycles. The second kappa shape index (κ2) is 4.30. The molecule has 1 aromatic heterocycles. The lowest BCUT2D eigenvalue weighted by atomic mass is 10.3. The Labute approximate surface area is 103 Å². The van der Waals surface area contributed by atoms with E-state index < -0.39 is 21.6 Å². The van der Waals surface area contributed by atoms with Crippen molar-refractivity contribution in [3.05, 3.63) is 36.3 Å². The molecule has 0 aliphatic heterocycles. The van der Waals surface area contributed by atoms with E-state index in [4.69, 9.17) is 5.11 Å². The third-order valence-electron chi connectivity index (χ3n) is 2.25. The molecule has 8 heteroatoms. The molecule has 6 nitrogen and oxygen atoms in total. The van der Waals surface area contributed by atoms with Gasteiger partial charge in [-0.2, -0.15) is 13.5 Å². The van der Waals surface area contributed by atoms with E-state index in [1.165, 1.54) is 30.1 Å². The summed E-state index contributed by atoms with van der Waals surface area (Å²) in [5.74, 6) is -1.45. The molecule has 0 bridgehead atoms. The molecule has 0 spiro atoms. The highest BCUT2D eigenvalue weighted by Crippen LogP contribution is 2.21. The van der Waals surface area contributed by atoms with E-state index in [2.05, 4.69) is 9.82 Å². The van der Waals surface area contributed by atoms with E-state index in [9.17, 15) is 12.8 Å². The molecule has 96 valence electrons. The monoisotopic (exact) mass is 271 g/mol. The van der Waals surface area contributed by atoms with Gasteiger partial charge in [0.2, 0.25) is 0 Å². The van der Waals surface area contributed by atoms with Crippen molar-refractivity contribution >= 4 is 15.7 Å². The first-order valence-corrected chi connectivity index (χ1v) is 6.38. The van der Waals surface area contributed by atoms with E-state index in [0.717, 1.165) is 12.1 Å². The van der Waals surface area contributed by atoms with Crippen LogP contribution in [0.25, 0.3) is 0 Å². The van der Waals surface area contributed by atoms with E-state index in [-0.39, 0.29) is 10.7 Å². The number of phenols is 1. The first-order valence-electron chi connectivity index (χ1n) is 4.89. The average molecular weight is 271 g/mol. The van der Waals surface area contributed by atoms with Gasteiger partial charge in [0.15, 0.2) is 16.6 Å². The largest absolute Gasteiger partial charge is 0.505 e. The SMILES string of the molecule is Cn1nccc1S(=O)(=O)Nc1ccc(O)c(F)c1. The maximum absolute atomic E-state index is 13.1. The molecule has 0 amide bonds. The van der Waals surface area contributed by atoms with Crippen LogP contribution in [0.4, 0.5) is 10.1 Å². The number of hydrogen-bond donors (Lipinski definition) is 2. The molecule has 0 saturated carbocycles. The predicted octanol–water partition coefficient (Wildman–Crippen LogP) is 1.07. The Morgan fingerprint density at radius 2 is 2.11 bits per heavy atom. The normalized spacial score (nSPS) is 11.4. The summed E-state index contributed by atoms with van der Waals surface area (Å²) in [6, 6.07) is 4.53. The Hall–Kier alpha value is -2.09. The molecule has 2 N–H and O–H groups in total. The summed E-state index contributed by atoms with van der Waals surface area (Å²) in [5.41, 5.74) is 0.0199. The number of aromatic hydroxyl groups is 1. The summed E-state index contributed by atoms with van der Waals surface area (Å²) in [4.78, 5) is 0. The number of anilines is 1. The van der Waals surface area contributed by atoms with Crippen LogP contribution in [-0.2, 0) is 17.1 Å². The molecule has 1 aromatic carbocycles. The number of rotatable bonds is 3. The minimum Gasteiger partial charge on any atom is -0.505 e. The number of nitrogens with one attached hydrogen (secondary N) is 1. The van der Waals surface area contributed by atoms with Crippen molar-refractivity contribution in [2.24, 2.45) is 7.05 Å². The van der Waals surface area contributed by atoms with Crippen LogP contribution in [-0.4, -0.2) is 23.3 Å². The van der Waals surface area contributed by atoms with Gasteiger partial charge in [-0.3, -0.25) is 9.40 Å². The molecule has 0 saturated heterocycles. The molecule has 2 rings (SSSR count). The van der Waals surface area contributed by atoms with Gasteiger partial charge in [-0.1, -0.05) is 0 Å². The lowest BCUT2D eigenvalue weighted by molar-refractivity contribution is 0.432. The second-order valence-electron chi connectivity index (χ2n) is 3.56. The zero-order valence-electron chi connectivity index (χ0n) is 9.33. The van der Waals surface area contributed by atoms with Gasteiger partial charge in [0.1, 0.15) is 0 Å². The zero-order chi connectivity index (χ0) is 13.3. The summed E-state index contributed by atoms with van der Waals surface area (Å²) >= 11 is 0. The van der Waals surface area contributed by atoms with Gasteiger partial charge in [0, 0.05) is 13.1 Å². The lowest BCUT2D eigenvalue weighted by Gasteiger charge is -2.08. The Bertz CT molecular complexity index is 681. The molecule has 0 fully saturated rings. The van der Waals surface area contributed by atoms with Gasteiger partial charge in [-0.05, 0) is 18.2 Å². The summed E-state index contributed by atoms with van der Waals surface area (Å²) in [6.07, 6.45) is 1.34. The number of benzene rings is 1. The van der Waals surface area contributed by atoms with Gasteiger partial charge in [0.05, 0.1) is 11.9 Å². The van der Waals surface area contributed by atoms with Crippen molar-refractivity contribution in [2.75, 3.05) is 4.72 Å². The van der Waals surface area contributed by atoms with Crippen molar-refractivity contribution in [3.63, 3.8) is 0 Å². The van der Waals surface area contributed by atoms with Crippen molar-refractivity contribution < 1.29 is 17.9 Å². The zero-order valence-corrected chi connectivity index (χ0v) is 10.1. The fraction of sp³-hybridized carbons (Fsp3) is 0.100. The third kappa shape index (κ3) is 2.28. The molecule has 0 unspecified atom stereocenters. The van der Waals surface area contributed by atoms with Crippen LogP contribution in [0.15, 0.2) is 35.5 Å². The third-order valence-corrected chi connectivity index (χ3v) is 3.71. The Morgan fingerprint density at radius 3 is 2.67 bits per heavy atom. The van der Waals surface area contributed by atoms with E-state index in [1.54, 1.807) is 0 Å². The van der Waals surface area contributed by atoms with Crippen molar-refractivity contribution in [1.29, 1.82) is 0 Å². The summed E-state index contributed by atoms with van der Waals surface area (Å²) in [5, 5.41) is 12.7. The standard InChI is InChI=1S/C10H10FN3O3S/c1-14-10(4-5-12-14)18(16,17)13-7-2-3-9(15)8(11)6-7/h2-6,13,15H,1H3. The van der Waals surface area contributed by atoms with Crippen LogP contribution in [0.1, 0.15) is 0 Å². The quantitative estimate of drug-likeness (QED) is 0.818. The highest BCUT2D eigenvalue weighted by molar-refractivity contribution is 7.92. The van der Waals surface area contributed by atoms with Crippen molar-refractivity contribution in [2.45, 2.75) is 5.03 Å². The molecular formula is C10H10FN3O3S. The molecule has 18 heavy (non-hydrogen) atoms. The topological polar surface area (TPSA) is 84.2 Å². The molecule has 0 aliphatic carbocycles. The van der Waals surface area contributed by atoms with Crippen LogP contribution in [0.5, 0.6) is 5.75 Å². The van der Waals surface area contributed by atoms with Crippen LogP contribution in [0.2, 0.25) is 0 Å². The minimum absolute atomic E-state index is 0.0199. The van der Waals surface area contributed by atoms with Crippen molar-refractivity contribution in [3.8, 4) is 5.75 Å². The first kappa shape index (κ1) is 12.4. The number of sulfonamides is 1. The number of halogens is 1. The van der Waals surface area contributed by atoms with Crippen LogP contribution in [0, 0.1) is 5.82 Å². The van der Waals surface area contributed by atoms with Crippen LogP contribution in [0.3, 0.4) is 0 Å². The van der Waals surface area contributed by atoms with Gasteiger partial charge in [-0.25, -0.2) is 4.39 Å². The first-order chi connectivity index (χ1) is 8.40. The van der Waals surface area contributed by atoms with Gasteiger partial charge in [-0.15, -0.1) is 0 Å². The smallest absolute Gasteiger partial charge is 0.279 e. The number of nitrogens with zero attached hydrogens (tertiary/aromatic N) is 2. The van der Waals surface area contributed by atoms with Gasteiger partial charge >= 0.3 is 0 Å². The van der Waals surface area contributed by atoms with Gasteiger partial charge in [0.25, 0.3) is 10.0 Å². The molecule has 0 atom stereocenters. The number of hydrogen-bond acceptors (Lipinski definition) is 4. The Balaban J connectivity index is 2.34. The maximum Gasteiger partial charge on any atom is 0.279 e. The number of aryl methyl sites for hydroxylation is 1. The van der Waals surface area contributed by atoms with Crippen LogP contribution >= 0.6 is 0 Å². The van der Waals surface area contributed by atoms with E-state index >= 15 is 0 Å². The second-order valence-corrected chi connectivity index (χ2v) is 5.19. The minimum atomic E-state index is -3.83. The van der Waals surface area contributed by atoms with Crippen LogP contribution < -0.4 is 4.72 Å². The fourth-order valence-corrected chi connectivity index (χ4v) is 2.58. The molecular weight excluding hydrogens is 261 g/mol. The summed E-state index contributed by atoms with van der Waals surface area (Å²) in [7, 11) is -2.35. The highest BCUT2D eigenvalue weighted by Gasteiger charge is 2.18. The van der Waals surface area contributed by atoms with E-state index in [0.29, 0.717) is 0 Å². The van der Waals surface area contributed by atoms with Gasteiger partial charge < -0.3 is 5.11 Å². The Kier molecular flexibility index (Phi) is 2.95. The molecule has 0 aliphatic rings. The Morgan fingerprint density at radius 1 is 1.39 bits per heavy atom.